The highest BCUT2D eigenvalue weighted by Crippen LogP contribution is 2.38. The first kappa shape index (κ1) is 20.1. The number of likely N-dealkylation sites (N-methyl/N-ethyl adjacent to an activating group) is 2. The van der Waals surface area contributed by atoms with Crippen molar-refractivity contribution in [3.05, 3.63) is 67.6 Å². The first-order chi connectivity index (χ1) is 13.8. The number of benzene rings is 1. The van der Waals surface area contributed by atoms with Gasteiger partial charge in [0.05, 0.1) is 16.2 Å². The molecule has 3 rings (SSSR count). The van der Waals surface area contributed by atoms with Crippen LogP contribution in [-0.4, -0.2) is 47.9 Å². The van der Waals surface area contributed by atoms with Gasteiger partial charge in [0.1, 0.15) is 6.07 Å². The van der Waals surface area contributed by atoms with Crippen LogP contribution in [0.5, 0.6) is 0 Å². The molecule has 1 N–H and O–H groups in total. The number of anilines is 1. The second kappa shape index (κ2) is 8.14. The molecule has 0 unspecified atom stereocenters. The number of pyridine rings is 1. The number of nitrogens with zero attached hydrogens (tertiary/aromatic N) is 4. The minimum absolute atomic E-state index is 0.147. The quantitative estimate of drug-likeness (QED) is 0.566. The Hall–Kier alpha value is -3.67. The molecule has 2 aromatic rings. The van der Waals surface area contributed by atoms with Gasteiger partial charge in [0, 0.05) is 56.6 Å². The van der Waals surface area contributed by atoms with Crippen molar-refractivity contribution in [2.24, 2.45) is 0 Å². The van der Waals surface area contributed by atoms with Crippen molar-refractivity contribution in [1.29, 1.82) is 5.26 Å². The Bertz CT molecular complexity index is 1050. The van der Waals surface area contributed by atoms with Gasteiger partial charge in [-0.05, 0) is 30.9 Å². The van der Waals surface area contributed by atoms with Gasteiger partial charge in [0.15, 0.2) is 0 Å². The largest absolute Gasteiger partial charge is 0.372 e. The molecule has 0 bridgehead atoms. The Kier molecular flexibility index (Phi) is 5.64. The summed E-state index contributed by atoms with van der Waals surface area (Å²) in [5.74, 6) is 0.0778. The fourth-order valence-electron chi connectivity index (χ4n) is 3.10. The fraction of sp³-hybridized carbons (Fsp3) is 0.350. The van der Waals surface area contributed by atoms with E-state index in [9.17, 15) is 25.0 Å². The molecule has 1 aromatic heterocycles. The number of H-pyrrole nitrogens is 1. The number of nitro groups is 1. The number of amides is 1. The summed E-state index contributed by atoms with van der Waals surface area (Å²) in [6.07, 6.45) is 2.04. The Labute approximate surface area is 167 Å². The van der Waals surface area contributed by atoms with Gasteiger partial charge in [-0.2, -0.15) is 5.26 Å². The Balaban J connectivity index is 1.68. The molecule has 1 aromatic carbocycles. The van der Waals surface area contributed by atoms with Gasteiger partial charge in [0.2, 0.25) is 5.56 Å². The summed E-state index contributed by atoms with van der Waals surface area (Å²) in [5, 5.41) is 20.2. The molecule has 9 heteroatoms. The predicted octanol–water partition coefficient (Wildman–Crippen LogP) is 2.24. The van der Waals surface area contributed by atoms with Crippen molar-refractivity contribution < 1.29 is 9.72 Å². The number of rotatable bonds is 7. The van der Waals surface area contributed by atoms with Crippen molar-refractivity contribution in [1.82, 2.24) is 9.88 Å². The summed E-state index contributed by atoms with van der Waals surface area (Å²) in [5.41, 5.74) is 1.47. The number of nitriles is 1. The van der Waals surface area contributed by atoms with Gasteiger partial charge in [-0.1, -0.05) is 0 Å². The van der Waals surface area contributed by atoms with Gasteiger partial charge in [-0.15, -0.1) is 0 Å². The molecule has 0 radical (unpaired) electrons. The third-order valence-corrected chi connectivity index (χ3v) is 4.97. The van der Waals surface area contributed by atoms with Crippen LogP contribution in [0.1, 0.15) is 40.4 Å². The normalized spacial score (nSPS) is 12.9. The van der Waals surface area contributed by atoms with Crippen molar-refractivity contribution >= 4 is 17.3 Å². The molecule has 9 nitrogen and oxygen atoms in total. The minimum atomic E-state index is -0.547. The van der Waals surface area contributed by atoms with E-state index in [1.807, 2.05) is 6.07 Å². The Morgan fingerprint density at radius 3 is 2.62 bits per heavy atom. The van der Waals surface area contributed by atoms with E-state index < -0.39 is 4.92 Å². The molecule has 150 valence electrons. The van der Waals surface area contributed by atoms with Crippen molar-refractivity contribution in [2.75, 3.05) is 32.1 Å². The Morgan fingerprint density at radius 2 is 2.00 bits per heavy atom. The van der Waals surface area contributed by atoms with Gasteiger partial charge in [-0.3, -0.25) is 19.7 Å². The molecule has 0 saturated heterocycles. The number of carbonyl (C=O) groups excluding carboxylic acids is 1. The summed E-state index contributed by atoms with van der Waals surface area (Å²) in [7, 11) is 3.40. The molecule has 0 spiro atoms. The van der Waals surface area contributed by atoms with Crippen LogP contribution in [0, 0.1) is 21.4 Å². The third kappa shape index (κ3) is 4.60. The van der Waals surface area contributed by atoms with E-state index >= 15 is 0 Å². The molecule has 1 heterocycles. The monoisotopic (exact) mass is 395 g/mol. The molecular weight excluding hydrogens is 374 g/mol. The van der Waals surface area contributed by atoms with Crippen LogP contribution in [0.3, 0.4) is 0 Å². The van der Waals surface area contributed by atoms with Crippen molar-refractivity contribution in [3.8, 4) is 6.07 Å². The van der Waals surface area contributed by atoms with E-state index in [1.165, 1.54) is 29.2 Å². The zero-order valence-corrected chi connectivity index (χ0v) is 16.2. The van der Waals surface area contributed by atoms with Gasteiger partial charge >= 0.3 is 0 Å². The molecule has 1 amide bonds. The maximum Gasteiger partial charge on any atom is 0.270 e. The van der Waals surface area contributed by atoms with Crippen molar-refractivity contribution in [3.63, 3.8) is 0 Å². The number of hydrogen-bond donors (Lipinski definition) is 1. The summed E-state index contributed by atoms with van der Waals surface area (Å²) in [4.78, 5) is 41.0. The second-order valence-corrected chi connectivity index (χ2v) is 7.18. The van der Waals surface area contributed by atoms with Crippen LogP contribution in [0.4, 0.5) is 11.4 Å². The maximum absolute atomic E-state index is 12.7. The van der Waals surface area contributed by atoms with Gasteiger partial charge in [0.25, 0.3) is 11.6 Å². The first-order valence-corrected chi connectivity index (χ1v) is 9.19. The summed E-state index contributed by atoms with van der Waals surface area (Å²) < 4.78 is 0. The number of nitro benzene ring substituents is 1. The first-order valence-electron chi connectivity index (χ1n) is 9.19. The van der Waals surface area contributed by atoms with Crippen LogP contribution in [-0.2, 0) is 0 Å². The van der Waals surface area contributed by atoms with E-state index in [0.717, 1.165) is 18.5 Å². The fourth-order valence-corrected chi connectivity index (χ4v) is 3.10. The van der Waals surface area contributed by atoms with E-state index in [2.05, 4.69) is 4.98 Å². The van der Waals surface area contributed by atoms with Gasteiger partial charge in [-0.25, -0.2) is 0 Å². The van der Waals surface area contributed by atoms with Crippen LogP contribution in [0.25, 0.3) is 0 Å². The number of aromatic nitrogens is 1. The minimum Gasteiger partial charge on any atom is -0.372 e. The lowest BCUT2D eigenvalue weighted by Crippen LogP contribution is -2.35. The summed E-state index contributed by atoms with van der Waals surface area (Å²) in [6.45, 7) is 0.760. The van der Waals surface area contributed by atoms with Crippen LogP contribution >= 0.6 is 0 Å². The van der Waals surface area contributed by atoms with Crippen LogP contribution in [0.2, 0.25) is 0 Å². The standard InChI is InChI=1S/C20H21N5O4/c1-23(18-6-5-16(25(28)29)9-15(18)12-21)7-8-24(2)20(27)14-10-17(13-3-4-13)22-19(26)11-14/h5-6,9-11,13H,3-4,7-8H2,1-2H3,(H,22,26). The molecule has 1 saturated carbocycles. The average molecular weight is 395 g/mol. The third-order valence-electron chi connectivity index (χ3n) is 4.97. The number of non-ortho nitro benzene ring substituents is 1. The van der Waals surface area contributed by atoms with Crippen LogP contribution in [0.15, 0.2) is 35.1 Å². The smallest absolute Gasteiger partial charge is 0.270 e. The van der Waals surface area contributed by atoms with E-state index in [4.69, 9.17) is 0 Å². The highest BCUT2D eigenvalue weighted by Gasteiger charge is 2.26. The average Bonchev–Trinajstić information content (AvgIpc) is 3.55. The lowest BCUT2D eigenvalue weighted by atomic mass is 10.1. The lowest BCUT2D eigenvalue weighted by molar-refractivity contribution is -0.384. The topological polar surface area (TPSA) is 123 Å². The van der Waals surface area contributed by atoms with E-state index in [0.29, 0.717) is 30.3 Å². The molecule has 1 fully saturated rings. The molecule has 0 atom stereocenters. The van der Waals surface area contributed by atoms with Crippen molar-refractivity contribution in [2.45, 2.75) is 18.8 Å². The number of nitrogens with one attached hydrogen (secondary N) is 1. The molecule has 0 aliphatic heterocycles. The zero-order chi connectivity index (χ0) is 21.1. The van der Waals surface area contributed by atoms with Gasteiger partial charge < -0.3 is 14.8 Å². The van der Waals surface area contributed by atoms with E-state index in [-0.39, 0.29) is 22.7 Å². The highest BCUT2D eigenvalue weighted by molar-refractivity contribution is 5.94. The number of hydrogen-bond acceptors (Lipinski definition) is 6. The predicted molar refractivity (Wildman–Crippen MR) is 107 cm³/mol. The molecule has 29 heavy (non-hydrogen) atoms. The zero-order valence-electron chi connectivity index (χ0n) is 16.2. The SMILES string of the molecule is CN(CCN(C)c1ccc([N+](=O)[O-])cc1C#N)C(=O)c1cc(C2CC2)[nH]c(=O)c1. The molecule has 1 aliphatic carbocycles. The highest BCUT2D eigenvalue weighted by atomic mass is 16.6. The second-order valence-electron chi connectivity index (χ2n) is 7.18. The summed E-state index contributed by atoms with van der Waals surface area (Å²) >= 11 is 0. The molecular formula is C20H21N5O4. The molecule has 1 aliphatic rings. The number of aromatic amines is 1. The van der Waals surface area contributed by atoms with Crippen LogP contribution < -0.4 is 10.5 Å². The maximum atomic E-state index is 12.7. The Morgan fingerprint density at radius 1 is 1.28 bits per heavy atom. The lowest BCUT2D eigenvalue weighted by Gasteiger charge is -2.24. The summed E-state index contributed by atoms with van der Waals surface area (Å²) in [6, 6.07) is 9.12. The number of carbonyl (C=O) groups is 1. The van der Waals surface area contributed by atoms with E-state index in [1.54, 1.807) is 25.1 Å².